The van der Waals surface area contributed by atoms with Gasteiger partial charge in [0.25, 0.3) is 6.47 Å². The summed E-state index contributed by atoms with van der Waals surface area (Å²) in [6, 6.07) is 3.42. The Labute approximate surface area is 100 Å². The van der Waals surface area contributed by atoms with Crippen molar-refractivity contribution in [2.24, 2.45) is 5.41 Å². The minimum atomic E-state index is -0.445. The van der Waals surface area contributed by atoms with E-state index in [0.29, 0.717) is 17.9 Å². The Morgan fingerprint density at radius 3 is 2.65 bits per heavy atom. The standard InChI is InChI=1S/C12H16N2O3/c1-12(2,3)11(16)14-9-4-5-10(13-6-9)7-17-8-15/h4-6,8H,7H2,1-3H3,(H,14,16). The van der Waals surface area contributed by atoms with Gasteiger partial charge in [-0.05, 0) is 12.1 Å². The van der Waals surface area contributed by atoms with Crippen LogP contribution in [0.4, 0.5) is 5.69 Å². The second kappa shape index (κ2) is 5.43. The van der Waals surface area contributed by atoms with Gasteiger partial charge in [0.2, 0.25) is 5.91 Å². The van der Waals surface area contributed by atoms with Crippen molar-refractivity contribution in [3.05, 3.63) is 24.0 Å². The molecule has 0 atom stereocenters. The molecule has 0 saturated carbocycles. The highest BCUT2D eigenvalue weighted by Gasteiger charge is 2.21. The second-order valence-corrected chi connectivity index (χ2v) is 4.65. The van der Waals surface area contributed by atoms with Gasteiger partial charge in [0.15, 0.2) is 0 Å². The monoisotopic (exact) mass is 236 g/mol. The predicted octanol–water partition coefficient (Wildman–Crippen LogP) is 1.74. The van der Waals surface area contributed by atoms with E-state index in [1.165, 1.54) is 6.20 Å². The van der Waals surface area contributed by atoms with Crippen LogP contribution in [0.5, 0.6) is 0 Å². The summed E-state index contributed by atoms with van der Waals surface area (Å²) in [5.41, 5.74) is 0.810. The average molecular weight is 236 g/mol. The van der Waals surface area contributed by atoms with E-state index in [-0.39, 0.29) is 12.5 Å². The molecular weight excluding hydrogens is 220 g/mol. The van der Waals surface area contributed by atoms with Crippen LogP contribution in [0.3, 0.4) is 0 Å². The molecule has 1 heterocycles. The van der Waals surface area contributed by atoms with Crippen molar-refractivity contribution in [2.45, 2.75) is 27.4 Å². The summed E-state index contributed by atoms with van der Waals surface area (Å²) in [4.78, 5) is 25.7. The van der Waals surface area contributed by atoms with Gasteiger partial charge in [-0.1, -0.05) is 20.8 Å². The van der Waals surface area contributed by atoms with Crippen LogP contribution in [0, 0.1) is 5.41 Å². The third-order valence-corrected chi connectivity index (χ3v) is 2.06. The van der Waals surface area contributed by atoms with Crippen LogP contribution < -0.4 is 5.32 Å². The van der Waals surface area contributed by atoms with Gasteiger partial charge >= 0.3 is 0 Å². The van der Waals surface area contributed by atoms with Gasteiger partial charge in [-0.25, -0.2) is 0 Å². The largest absolute Gasteiger partial charge is 0.461 e. The highest BCUT2D eigenvalue weighted by Crippen LogP contribution is 2.16. The Hall–Kier alpha value is -1.91. The van der Waals surface area contributed by atoms with E-state index in [4.69, 9.17) is 0 Å². The Morgan fingerprint density at radius 1 is 1.47 bits per heavy atom. The van der Waals surface area contributed by atoms with Crippen LogP contribution in [-0.4, -0.2) is 17.4 Å². The molecule has 5 heteroatoms. The molecule has 0 saturated heterocycles. The zero-order valence-corrected chi connectivity index (χ0v) is 10.2. The lowest BCUT2D eigenvalue weighted by atomic mass is 9.95. The first-order chi connectivity index (χ1) is 7.93. The number of nitrogens with zero attached hydrogens (tertiary/aromatic N) is 1. The maximum Gasteiger partial charge on any atom is 0.293 e. The second-order valence-electron chi connectivity index (χ2n) is 4.65. The number of rotatable bonds is 4. The molecule has 0 aliphatic carbocycles. The predicted molar refractivity (Wildman–Crippen MR) is 63.2 cm³/mol. The van der Waals surface area contributed by atoms with Crippen molar-refractivity contribution in [1.29, 1.82) is 0 Å². The summed E-state index contributed by atoms with van der Waals surface area (Å²) >= 11 is 0. The van der Waals surface area contributed by atoms with Gasteiger partial charge in [-0.3, -0.25) is 14.6 Å². The zero-order valence-electron chi connectivity index (χ0n) is 10.2. The van der Waals surface area contributed by atoms with Gasteiger partial charge in [-0.2, -0.15) is 0 Å². The Bertz CT molecular complexity index is 393. The lowest BCUT2D eigenvalue weighted by Crippen LogP contribution is -2.27. The smallest absolute Gasteiger partial charge is 0.293 e. The molecule has 92 valence electrons. The van der Waals surface area contributed by atoms with Crippen molar-refractivity contribution >= 4 is 18.1 Å². The molecule has 0 aromatic carbocycles. The van der Waals surface area contributed by atoms with Crippen LogP contribution in [-0.2, 0) is 20.9 Å². The first kappa shape index (κ1) is 13.2. The van der Waals surface area contributed by atoms with E-state index in [0.717, 1.165) is 0 Å². The number of amides is 1. The minimum Gasteiger partial charge on any atom is -0.461 e. The van der Waals surface area contributed by atoms with E-state index in [9.17, 15) is 9.59 Å². The number of ether oxygens (including phenoxy) is 1. The van der Waals surface area contributed by atoms with Crippen LogP contribution in [0.15, 0.2) is 18.3 Å². The number of hydrogen-bond donors (Lipinski definition) is 1. The van der Waals surface area contributed by atoms with Crippen molar-refractivity contribution in [3.8, 4) is 0 Å². The van der Waals surface area contributed by atoms with E-state index < -0.39 is 5.41 Å². The Morgan fingerprint density at radius 2 is 2.18 bits per heavy atom. The van der Waals surface area contributed by atoms with Crippen molar-refractivity contribution in [3.63, 3.8) is 0 Å². The number of aromatic nitrogens is 1. The Balaban J connectivity index is 2.62. The van der Waals surface area contributed by atoms with Crippen LogP contribution in [0.1, 0.15) is 26.5 Å². The molecule has 1 aromatic rings. The molecule has 1 N–H and O–H groups in total. The third-order valence-electron chi connectivity index (χ3n) is 2.06. The quantitative estimate of drug-likeness (QED) is 0.808. The summed E-state index contributed by atoms with van der Waals surface area (Å²) in [5, 5.41) is 2.75. The third kappa shape index (κ3) is 4.22. The molecule has 0 unspecified atom stereocenters. The minimum absolute atomic E-state index is 0.0730. The molecule has 0 fully saturated rings. The number of carbonyl (C=O) groups excluding carboxylic acids is 2. The normalized spacial score (nSPS) is 10.8. The van der Waals surface area contributed by atoms with Gasteiger partial charge in [0.05, 0.1) is 17.6 Å². The molecule has 0 aliphatic heterocycles. The fourth-order valence-corrected chi connectivity index (χ4v) is 1.02. The summed E-state index contributed by atoms with van der Waals surface area (Å²) < 4.78 is 4.56. The molecule has 0 aliphatic rings. The molecule has 1 rings (SSSR count). The summed E-state index contributed by atoms with van der Waals surface area (Å²) in [7, 11) is 0. The maximum absolute atomic E-state index is 11.7. The molecule has 0 radical (unpaired) electrons. The molecule has 17 heavy (non-hydrogen) atoms. The van der Waals surface area contributed by atoms with Gasteiger partial charge in [0, 0.05) is 5.41 Å². The Kier molecular flexibility index (Phi) is 4.20. The fraction of sp³-hybridized carbons (Fsp3) is 0.417. The molecule has 0 bridgehead atoms. The first-order valence-electron chi connectivity index (χ1n) is 5.25. The van der Waals surface area contributed by atoms with Gasteiger partial charge in [-0.15, -0.1) is 0 Å². The average Bonchev–Trinajstić information content (AvgIpc) is 2.27. The number of anilines is 1. The van der Waals surface area contributed by atoms with E-state index >= 15 is 0 Å². The van der Waals surface area contributed by atoms with Crippen LogP contribution in [0.25, 0.3) is 0 Å². The molecule has 1 amide bonds. The molecular formula is C12H16N2O3. The maximum atomic E-state index is 11.7. The number of carbonyl (C=O) groups is 2. The van der Waals surface area contributed by atoms with E-state index in [2.05, 4.69) is 15.0 Å². The van der Waals surface area contributed by atoms with E-state index in [1.54, 1.807) is 12.1 Å². The van der Waals surface area contributed by atoms with Crippen LogP contribution >= 0.6 is 0 Å². The number of nitrogens with one attached hydrogen (secondary N) is 1. The van der Waals surface area contributed by atoms with E-state index in [1.807, 2.05) is 20.8 Å². The highest BCUT2D eigenvalue weighted by molar-refractivity contribution is 5.94. The topological polar surface area (TPSA) is 68.3 Å². The lowest BCUT2D eigenvalue weighted by Gasteiger charge is -2.17. The SMILES string of the molecule is CC(C)(C)C(=O)Nc1ccc(COC=O)nc1. The van der Waals surface area contributed by atoms with Crippen LogP contribution in [0.2, 0.25) is 0 Å². The van der Waals surface area contributed by atoms with Crippen molar-refractivity contribution in [1.82, 2.24) is 4.98 Å². The number of hydrogen-bond acceptors (Lipinski definition) is 4. The van der Waals surface area contributed by atoms with Gasteiger partial charge < -0.3 is 10.1 Å². The zero-order chi connectivity index (χ0) is 12.9. The molecule has 1 aromatic heterocycles. The lowest BCUT2D eigenvalue weighted by molar-refractivity contribution is -0.130. The summed E-state index contributed by atoms with van der Waals surface area (Å²) in [5.74, 6) is -0.0730. The summed E-state index contributed by atoms with van der Waals surface area (Å²) in [6.07, 6.45) is 1.53. The fourth-order valence-electron chi connectivity index (χ4n) is 1.02. The molecule has 5 nitrogen and oxygen atoms in total. The van der Waals surface area contributed by atoms with Gasteiger partial charge in [0.1, 0.15) is 6.61 Å². The summed E-state index contributed by atoms with van der Waals surface area (Å²) in [6.45, 7) is 6.01. The highest BCUT2D eigenvalue weighted by atomic mass is 16.5. The van der Waals surface area contributed by atoms with Crippen molar-refractivity contribution in [2.75, 3.05) is 5.32 Å². The molecule has 0 spiro atoms. The first-order valence-corrected chi connectivity index (χ1v) is 5.25. The number of pyridine rings is 1. The van der Waals surface area contributed by atoms with Crippen molar-refractivity contribution < 1.29 is 14.3 Å².